The van der Waals surface area contributed by atoms with Gasteiger partial charge in [0.25, 0.3) is 0 Å². The summed E-state index contributed by atoms with van der Waals surface area (Å²) in [5.41, 5.74) is -0.198. The van der Waals surface area contributed by atoms with E-state index in [9.17, 15) is 9.59 Å². The van der Waals surface area contributed by atoms with Gasteiger partial charge in [-0.05, 0) is 31.6 Å². The normalized spacial score (nSPS) is 34.6. The number of amides is 1. The summed E-state index contributed by atoms with van der Waals surface area (Å²) < 4.78 is 5.14. The summed E-state index contributed by atoms with van der Waals surface area (Å²) in [5, 5.41) is 2.84. The standard InChI is InChI=1S/C15H25NO3/c1-4-19-14(18)13-15(9-12(17)16-13)7-5-6-11(8-15)10(2)3/h10-11,13H,4-9H2,1-3H3,(H,16,17). The number of ether oxygens (including phenoxy) is 1. The molecule has 0 aromatic carbocycles. The van der Waals surface area contributed by atoms with Crippen LogP contribution in [0.5, 0.6) is 0 Å². The van der Waals surface area contributed by atoms with Gasteiger partial charge in [0.2, 0.25) is 5.91 Å². The van der Waals surface area contributed by atoms with E-state index >= 15 is 0 Å². The lowest BCUT2D eigenvalue weighted by Crippen LogP contribution is -2.47. The Labute approximate surface area is 115 Å². The van der Waals surface area contributed by atoms with Gasteiger partial charge in [0.05, 0.1) is 6.61 Å². The van der Waals surface area contributed by atoms with Crippen molar-refractivity contribution in [2.24, 2.45) is 17.3 Å². The molecule has 2 aliphatic rings. The van der Waals surface area contributed by atoms with Gasteiger partial charge < -0.3 is 10.1 Å². The van der Waals surface area contributed by atoms with Gasteiger partial charge >= 0.3 is 5.97 Å². The van der Waals surface area contributed by atoms with Crippen molar-refractivity contribution in [2.45, 2.75) is 58.9 Å². The molecule has 2 fully saturated rings. The number of carbonyl (C=O) groups excluding carboxylic acids is 2. The van der Waals surface area contributed by atoms with Crippen molar-refractivity contribution in [3.8, 4) is 0 Å². The van der Waals surface area contributed by atoms with Gasteiger partial charge in [0.15, 0.2) is 0 Å². The average Bonchev–Trinajstić information content (AvgIpc) is 2.66. The zero-order valence-corrected chi connectivity index (χ0v) is 12.2. The van der Waals surface area contributed by atoms with Crippen LogP contribution in [0.4, 0.5) is 0 Å². The predicted octanol–water partition coefficient (Wildman–Crippen LogP) is 2.27. The molecule has 3 unspecified atom stereocenters. The van der Waals surface area contributed by atoms with Gasteiger partial charge in [-0.15, -0.1) is 0 Å². The van der Waals surface area contributed by atoms with E-state index in [0.717, 1.165) is 19.3 Å². The SMILES string of the molecule is CCOC(=O)C1NC(=O)CC12CCCC(C(C)C)C2. The number of esters is 1. The van der Waals surface area contributed by atoms with E-state index in [4.69, 9.17) is 4.74 Å². The molecule has 108 valence electrons. The Morgan fingerprint density at radius 1 is 1.53 bits per heavy atom. The molecule has 1 saturated heterocycles. The zero-order valence-electron chi connectivity index (χ0n) is 12.2. The van der Waals surface area contributed by atoms with E-state index in [-0.39, 0.29) is 17.3 Å². The number of rotatable bonds is 3. The third-order valence-electron chi connectivity index (χ3n) is 4.81. The molecule has 19 heavy (non-hydrogen) atoms. The van der Waals surface area contributed by atoms with E-state index in [0.29, 0.717) is 24.9 Å². The van der Waals surface area contributed by atoms with Gasteiger partial charge in [-0.25, -0.2) is 4.79 Å². The topological polar surface area (TPSA) is 55.4 Å². The maximum absolute atomic E-state index is 12.1. The molecular weight excluding hydrogens is 242 g/mol. The summed E-state index contributed by atoms with van der Waals surface area (Å²) in [5.74, 6) is 0.967. The van der Waals surface area contributed by atoms with Gasteiger partial charge in [-0.3, -0.25) is 4.79 Å². The van der Waals surface area contributed by atoms with E-state index in [1.54, 1.807) is 6.92 Å². The van der Waals surface area contributed by atoms with Crippen LogP contribution in [0.2, 0.25) is 0 Å². The van der Waals surface area contributed by atoms with Crippen molar-refractivity contribution in [2.75, 3.05) is 6.61 Å². The van der Waals surface area contributed by atoms with Crippen molar-refractivity contribution in [1.82, 2.24) is 5.32 Å². The highest BCUT2D eigenvalue weighted by Gasteiger charge is 2.53. The second-order valence-corrected chi connectivity index (χ2v) is 6.39. The molecule has 0 bridgehead atoms. The Balaban J connectivity index is 2.18. The molecule has 0 aromatic rings. The Kier molecular flexibility index (Phi) is 4.16. The first-order valence-electron chi connectivity index (χ1n) is 7.44. The van der Waals surface area contributed by atoms with Crippen molar-refractivity contribution >= 4 is 11.9 Å². The highest BCUT2D eigenvalue weighted by molar-refractivity contribution is 5.90. The molecule has 0 radical (unpaired) electrons. The summed E-state index contributed by atoms with van der Waals surface area (Å²) in [7, 11) is 0. The number of carbonyl (C=O) groups is 2. The minimum atomic E-state index is -0.429. The van der Waals surface area contributed by atoms with E-state index in [1.165, 1.54) is 6.42 Å². The summed E-state index contributed by atoms with van der Waals surface area (Å²) >= 11 is 0. The quantitative estimate of drug-likeness (QED) is 0.798. The molecular formula is C15H25NO3. The molecule has 0 aromatic heterocycles. The fourth-order valence-electron chi connectivity index (χ4n) is 3.76. The van der Waals surface area contributed by atoms with Crippen molar-refractivity contribution < 1.29 is 14.3 Å². The van der Waals surface area contributed by atoms with Gasteiger partial charge in [-0.2, -0.15) is 0 Å². The molecule has 4 heteroatoms. The van der Waals surface area contributed by atoms with E-state index in [1.807, 2.05) is 0 Å². The molecule has 2 rings (SSSR count). The molecule has 1 saturated carbocycles. The molecule has 3 atom stereocenters. The second kappa shape index (κ2) is 5.51. The van der Waals surface area contributed by atoms with Crippen LogP contribution in [0.3, 0.4) is 0 Å². The van der Waals surface area contributed by atoms with Crippen LogP contribution >= 0.6 is 0 Å². The van der Waals surface area contributed by atoms with Crippen LogP contribution in [-0.2, 0) is 14.3 Å². The minimum Gasteiger partial charge on any atom is -0.464 e. The third-order valence-corrected chi connectivity index (χ3v) is 4.81. The molecule has 1 spiro atoms. The van der Waals surface area contributed by atoms with Crippen LogP contribution in [0.15, 0.2) is 0 Å². The highest BCUT2D eigenvalue weighted by atomic mass is 16.5. The fourth-order valence-corrected chi connectivity index (χ4v) is 3.76. The third kappa shape index (κ3) is 2.77. The number of hydrogen-bond acceptors (Lipinski definition) is 3. The fraction of sp³-hybridized carbons (Fsp3) is 0.867. The lowest BCUT2D eigenvalue weighted by molar-refractivity contribution is -0.149. The molecule has 1 N–H and O–H groups in total. The van der Waals surface area contributed by atoms with E-state index in [2.05, 4.69) is 19.2 Å². The van der Waals surface area contributed by atoms with Crippen molar-refractivity contribution in [3.63, 3.8) is 0 Å². The van der Waals surface area contributed by atoms with Gasteiger partial charge in [-0.1, -0.05) is 26.7 Å². The van der Waals surface area contributed by atoms with Crippen molar-refractivity contribution in [1.29, 1.82) is 0 Å². The van der Waals surface area contributed by atoms with E-state index < -0.39 is 6.04 Å². The Bertz CT molecular complexity index is 366. The first-order valence-corrected chi connectivity index (χ1v) is 7.44. The molecule has 1 aliphatic heterocycles. The largest absolute Gasteiger partial charge is 0.464 e. The summed E-state index contributed by atoms with van der Waals surface area (Å²) in [6.45, 7) is 6.63. The highest BCUT2D eigenvalue weighted by Crippen LogP contribution is 2.49. The lowest BCUT2D eigenvalue weighted by Gasteiger charge is -2.41. The minimum absolute atomic E-state index is 0.00228. The van der Waals surface area contributed by atoms with Crippen LogP contribution in [0, 0.1) is 17.3 Å². The summed E-state index contributed by atoms with van der Waals surface area (Å²) in [4.78, 5) is 23.9. The van der Waals surface area contributed by atoms with Crippen LogP contribution in [-0.4, -0.2) is 24.5 Å². The predicted molar refractivity (Wildman–Crippen MR) is 72.4 cm³/mol. The van der Waals surface area contributed by atoms with Crippen LogP contribution in [0.1, 0.15) is 52.9 Å². The maximum atomic E-state index is 12.1. The summed E-state index contributed by atoms with van der Waals surface area (Å²) in [6.07, 6.45) is 4.72. The Morgan fingerprint density at radius 3 is 2.89 bits per heavy atom. The monoisotopic (exact) mass is 267 g/mol. The Hall–Kier alpha value is -1.06. The smallest absolute Gasteiger partial charge is 0.329 e. The van der Waals surface area contributed by atoms with Crippen LogP contribution < -0.4 is 5.32 Å². The summed E-state index contributed by atoms with van der Waals surface area (Å²) in [6, 6.07) is -0.429. The molecule has 1 aliphatic carbocycles. The lowest BCUT2D eigenvalue weighted by atomic mass is 9.63. The van der Waals surface area contributed by atoms with Crippen molar-refractivity contribution in [3.05, 3.63) is 0 Å². The molecule has 4 nitrogen and oxygen atoms in total. The number of hydrogen-bond donors (Lipinski definition) is 1. The van der Waals surface area contributed by atoms with Crippen LogP contribution in [0.25, 0.3) is 0 Å². The zero-order chi connectivity index (χ0) is 14.0. The first kappa shape index (κ1) is 14.4. The van der Waals surface area contributed by atoms with Gasteiger partial charge in [0.1, 0.15) is 6.04 Å². The first-order chi connectivity index (χ1) is 8.98. The number of nitrogens with one attached hydrogen (secondary N) is 1. The maximum Gasteiger partial charge on any atom is 0.329 e. The average molecular weight is 267 g/mol. The molecule has 1 heterocycles. The molecule has 1 amide bonds. The van der Waals surface area contributed by atoms with Gasteiger partial charge in [0, 0.05) is 11.8 Å². The second-order valence-electron chi connectivity index (χ2n) is 6.39. The Morgan fingerprint density at radius 2 is 2.26 bits per heavy atom.